The second-order valence-corrected chi connectivity index (χ2v) is 5.46. The normalized spacial score (nSPS) is 13.6. The van der Waals surface area contributed by atoms with E-state index in [2.05, 4.69) is 10.3 Å². The molecule has 0 radical (unpaired) electrons. The molecule has 2 heterocycles. The van der Waals surface area contributed by atoms with Crippen molar-refractivity contribution in [1.29, 1.82) is 0 Å². The molecule has 2 rings (SSSR count). The summed E-state index contributed by atoms with van der Waals surface area (Å²) < 4.78 is 6.56. The van der Waals surface area contributed by atoms with Crippen molar-refractivity contribution in [3.63, 3.8) is 0 Å². The fourth-order valence-corrected chi connectivity index (χ4v) is 2.22. The molecule has 0 fully saturated rings. The number of esters is 1. The molecule has 0 bridgehead atoms. The lowest BCUT2D eigenvalue weighted by atomic mass is 9.99. The fourth-order valence-electron chi connectivity index (χ4n) is 2.22. The Morgan fingerprint density at radius 3 is 2.73 bits per heavy atom. The van der Waals surface area contributed by atoms with Crippen molar-refractivity contribution in [2.45, 2.75) is 33.2 Å². The first-order chi connectivity index (χ1) is 10.5. The third kappa shape index (κ3) is 3.27. The molecular weight excluding hydrogens is 282 g/mol. The summed E-state index contributed by atoms with van der Waals surface area (Å²) >= 11 is 0. The number of hydrogen-bond donors (Lipinski definition) is 1. The van der Waals surface area contributed by atoms with Crippen molar-refractivity contribution in [3.05, 3.63) is 35.8 Å². The molecule has 6 heteroatoms. The van der Waals surface area contributed by atoms with Crippen LogP contribution in [0.1, 0.15) is 36.3 Å². The van der Waals surface area contributed by atoms with E-state index in [9.17, 15) is 9.59 Å². The molecular formula is C16H21N3O3. The summed E-state index contributed by atoms with van der Waals surface area (Å²) in [4.78, 5) is 28.5. The van der Waals surface area contributed by atoms with Crippen molar-refractivity contribution >= 4 is 17.5 Å². The highest BCUT2D eigenvalue weighted by molar-refractivity contribution is 5.95. The number of nitrogens with one attached hydrogen (secondary N) is 1. The molecule has 22 heavy (non-hydrogen) atoms. The molecule has 0 aliphatic rings. The van der Waals surface area contributed by atoms with Gasteiger partial charge in [0.25, 0.3) is 5.91 Å². The molecule has 0 unspecified atom stereocenters. The molecule has 0 aliphatic carbocycles. The first-order valence-corrected chi connectivity index (χ1v) is 7.30. The van der Waals surface area contributed by atoms with Crippen LogP contribution >= 0.6 is 0 Å². The van der Waals surface area contributed by atoms with Gasteiger partial charge in [0.15, 0.2) is 0 Å². The van der Waals surface area contributed by atoms with E-state index < -0.39 is 12.0 Å². The maximum absolute atomic E-state index is 12.4. The number of amides is 1. The van der Waals surface area contributed by atoms with Gasteiger partial charge in [-0.2, -0.15) is 0 Å². The molecule has 0 aliphatic heterocycles. The van der Waals surface area contributed by atoms with Crippen LogP contribution in [0.5, 0.6) is 0 Å². The minimum Gasteiger partial charge on any atom is -0.467 e. The van der Waals surface area contributed by atoms with Gasteiger partial charge in [-0.15, -0.1) is 0 Å². The highest BCUT2D eigenvalue weighted by Gasteiger charge is 2.27. The van der Waals surface area contributed by atoms with Gasteiger partial charge in [0.05, 0.1) is 7.11 Å². The van der Waals surface area contributed by atoms with Crippen molar-refractivity contribution in [3.8, 4) is 0 Å². The molecule has 2 atom stereocenters. The Kier molecular flexibility index (Phi) is 4.80. The number of rotatable bonds is 5. The SMILES string of the molecule is CC[C@@H](C)[C@H](NC(=O)c1cn2cc(C)ccc2n1)C(=O)OC. The molecule has 6 nitrogen and oxygen atoms in total. The van der Waals surface area contributed by atoms with Gasteiger partial charge in [0.2, 0.25) is 0 Å². The number of hydrogen-bond acceptors (Lipinski definition) is 4. The maximum Gasteiger partial charge on any atom is 0.328 e. The Balaban J connectivity index is 2.22. The zero-order valence-corrected chi connectivity index (χ0v) is 13.3. The molecule has 0 saturated heterocycles. The third-order valence-electron chi connectivity index (χ3n) is 3.79. The molecule has 0 spiro atoms. The van der Waals surface area contributed by atoms with E-state index in [1.165, 1.54) is 7.11 Å². The van der Waals surface area contributed by atoms with E-state index in [1.807, 2.05) is 39.1 Å². The van der Waals surface area contributed by atoms with E-state index >= 15 is 0 Å². The van der Waals surface area contributed by atoms with Crippen LogP contribution in [0.3, 0.4) is 0 Å². The van der Waals surface area contributed by atoms with Crippen LogP contribution in [0.2, 0.25) is 0 Å². The van der Waals surface area contributed by atoms with Gasteiger partial charge in [-0.05, 0) is 24.5 Å². The second-order valence-electron chi connectivity index (χ2n) is 5.46. The Bertz CT molecular complexity index is 693. The Hall–Kier alpha value is -2.37. The summed E-state index contributed by atoms with van der Waals surface area (Å²) in [5, 5.41) is 2.72. The van der Waals surface area contributed by atoms with Crippen LogP contribution < -0.4 is 5.32 Å². The van der Waals surface area contributed by atoms with Crippen LogP contribution in [0.4, 0.5) is 0 Å². The number of methoxy groups -OCH3 is 1. The molecule has 2 aromatic heterocycles. The van der Waals surface area contributed by atoms with Gasteiger partial charge in [-0.25, -0.2) is 9.78 Å². The van der Waals surface area contributed by atoms with Crippen LogP contribution in [0.25, 0.3) is 5.65 Å². The minimum absolute atomic E-state index is 0.0179. The Morgan fingerprint density at radius 1 is 1.36 bits per heavy atom. The van der Waals surface area contributed by atoms with Crippen molar-refractivity contribution in [1.82, 2.24) is 14.7 Å². The van der Waals surface area contributed by atoms with Gasteiger partial charge in [-0.1, -0.05) is 26.3 Å². The van der Waals surface area contributed by atoms with E-state index in [0.717, 1.165) is 12.0 Å². The first kappa shape index (κ1) is 16.0. The number of carbonyl (C=O) groups excluding carboxylic acids is 2. The number of imidazole rings is 1. The number of fused-ring (bicyclic) bond motifs is 1. The summed E-state index contributed by atoms with van der Waals surface area (Å²) in [6, 6.07) is 3.10. The number of nitrogens with zero attached hydrogens (tertiary/aromatic N) is 2. The van der Waals surface area contributed by atoms with E-state index in [4.69, 9.17) is 4.74 Å². The van der Waals surface area contributed by atoms with Crippen LogP contribution in [-0.2, 0) is 9.53 Å². The second kappa shape index (κ2) is 6.60. The average molecular weight is 303 g/mol. The lowest BCUT2D eigenvalue weighted by Gasteiger charge is -2.21. The van der Waals surface area contributed by atoms with Gasteiger partial charge in [0.1, 0.15) is 17.4 Å². The van der Waals surface area contributed by atoms with Gasteiger partial charge < -0.3 is 14.5 Å². The monoisotopic (exact) mass is 303 g/mol. The van der Waals surface area contributed by atoms with Gasteiger partial charge in [0, 0.05) is 12.4 Å². The third-order valence-corrected chi connectivity index (χ3v) is 3.79. The largest absolute Gasteiger partial charge is 0.467 e. The number of ether oxygens (including phenoxy) is 1. The van der Waals surface area contributed by atoms with E-state index in [0.29, 0.717) is 5.65 Å². The standard InChI is InChI=1S/C16H21N3O3/c1-5-11(3)14(16(21)22-4)18-15(20)12-9-19-8-10(2)6-7-13(19)17-12/h6-9,11,14H,5H2,1-4H3,(H,18,20)/t11-,14+/m1/s1. The quantitative estimate of drug-likeness (QED) is 0.857. The van der Waals surface area contributed by atoms with Crippen LogP contribution in [0, 0.1) is 12.8 Å². The number of carbonyl (C=O) groups is 2. The maximum atomic E-state index is 12.4. The van der Waals surface area contributed by atoms with Gasteiger partial charge in [-0.3, -0.25) is 4.79 Å². The molecule has 2 aromatic rings. The number of aryl methyl sites for hydroxylation is 1. The summed E-state index contributed by atoms with van der Waals surface area (Å²) in [5.41, 5.74) is 2.04. The lowest BCUT2D eigenvalue weighted by Crippen LogP contribution is -2.45. The Labute approximate surface area is 129 Å². The summed E-state index contributed by atoms with van der Waals surface area (Å²) in [6.45, 7) is 5.82. The van der Waals surface area contributed by atoms with Crippen molar-refractivity contribution < 1.29 is 14.3 Å². The minimum atomic E-state index is -0.672. The molecule has 1 amide bonds. The molecule has 118 valence electrons. The van der Waals surface area contributed by atoms with Gasteiger partial charge >= 0.3 is 5.97 Å². The number of aromatic nitrogens is 2. The van der Waals surface area contributed by atoms with E-state index in [1.54, 1.807) is 10.6 Å². The fraction of sp³-hybridized carbons (Fsp3) is 0.438. The first-order valence-electron chi connectivity index (χ1n) is 7.30. The number of pyridine rings is 1. The summed E-state index contributed by atoms with van der Waals surface area (Å²) in [7, 11) is 1.32. The predicted octanol–water partition coefficient (Wildman–Crippen LogP) is 1.96. The molecule has 0 aromatic carbocycles. The molecule has 1 N–H and O–H groups in total. The lowest BCUT2D eigenvalue weighted by molar-refractivity contribution is -0.144. The van der Waals surface area contributed by atoms with Crippen molar-refractivity contribution in [2.24, 2.45) is 5.92 Å². The average Bonchev–Trinajstić information content (AvgIpc) is 2.93. The van der Waals surface area contributed by atoms with Crippen LogP contribution in [0.15, 0.2) is 24.5 Å². The predicted molar refractivity (Wildman–Crippen MR) is 82.7 cm³/mol. The highest BCUT2D eigenvalue weighted by Crippen LogP contribution is 2.12. The molecule has 0 saturated carbocycles. The highest BCUT2D eigenvalue weighted by atomic mass is 16.5. The zero-order valence-electron chi connectivity index (χ0n) is 13.3. The summed E-state index contributed by atoms with van der Waals surface area (Å²) in [6.07, 6.45) is 4.30. The Morgan fingerprint density at radius 2 is 2.09 bits per heavy atom. The smallest absolute Gasteiger partial charge is 0.328 e. The summed E-state index contributed by atoms with van der Waals surface area (Å²) in [5.74, 6) is -0.838. The van der Waals surface area contributed by atoms with E-state index in [-0.39, 0.29) is 17.5 Å². The van der Waals surface area contributed by atoms with Crippen LogP contribution in [-0.4, -0.2) is 34.4 Å². The topological polar surface area (TPSA) is 72.7 Å². The van der Waals surface area contributed by atoms with Crippen molar-refractivity contribution in [2.75, 3.05) is 7.11 Å². The zero-order chi connectivity index (χ0) is 16.3.